The molecule has 27 heavy (non-hydrogen) atoms. The van der Waals surface area contributed by atoms with E-state index in [0.717, 1.165) is 21.3 Å². The fourth-order valence-electron chi connectivity index (χ4n) is 3.59. The number of hydrogen-bond acceptors (Lipinski definition) is 4. The van der Waals surface area contributed by atoms with Gasteiger partial charge in [-0.2, -0.15) is 0 Å². The quantitative estimate of drug-likeness (QED) is 0.678. The van der Waals surface area contributed by atoms with Crippen LogP contribution >= 0.6 is 15.9 Å². The predicted octanol–water partition coefficient (Wildman–Crippen LogP) is 4.64. The Morgan fingerprint density at radius 1 is 1.00 bits per heavy atom. The Hall–Kier alpha value is -2.18. The molecule has 2 aliphatic heterocycles. The number of nitrogens with zero attached hydrogens (tertiary/aromatic N) is 1. The molecule has 0 N–H and O–H groups in total. The van der Waals surface area contributed by atoms with Crippen molar-refractivity contribution in [3.05, 3.63) is 74.7 Å². The molecule has 4 nitrogen and oxygen atoms in total. The molecule has 6 heteroatoms. The monoisotopic (exact) mass is 443 g/mol. The van der Waals surface area contributed by atoms with Crippen LogP contribution in [0.4, 0.5) is 5.69 Å². The van der Waals surface area contributed by atoms with Crippen LogP contribution in [0, 0.1) is 6.92 Å². The minimum Gasteiger partial charge on any atom is -0.327 e. The van der Waals surface area contributed by atoms with Gasteiger partial charge in [0.25, 0.3) is 0 Å². The van der Waals surface area contributed by atoms with E-state index < -0.39 is 21.2 Å². The van der Waals surface area contributed by atoms with Crippen LogP contribution < -0.4 is 4.90 Å². The molecule has 2 aromatic carbocycles. The lowest BCUT2D eigenvalue weighted by molar-refractivity contribution is -0.117. The Kier molecular flexibility index (Phi) is 3.98. The van der Waals surface area contributed by atoms with Crippen molar-refractivity contribution < 1.29 is 13.2 Å². The Labute approximate surface area is 167 Å². The van der Waals surface area contributed by atoms with Gasteiger partial charge in [0.1, 0.15) is 10.4 Å². The third-order valence-electron chi connectivity index (χ3n) is 5.05. The van der Waals surface area contributed by atoms with Crippen molar-refractivity contribution >= 4 is 43.3 Å². The maximum atomic E-state index is 13.3. The maximum absolute atomic E-state index is 13.3. The average molecular weight is 444 g/mol. The van der Waals surface area contributed by atoms with E-state index in [0.29, 0.717) is 5.70 Å². The van der Waals surface area contributed by atoms with Crippen LogP contribution in [0.2, 0.25) is 0 Å². The zero-order valence-corrected chi connectivity index (χ0v) is 17.6. The van der Waals surface area contributed by atoms with E-state index in [4.69, 9.17) is 0 Å². The van der Waals surface area contributed by atoms with Gasteiger partial charge >= 0.3 is 0 Å². The van der Waals surface area contributed by atoms with Gasteiger partial charge in [0, 0.05) is 4.47 Å². The number of sulfone groups is 1. The molecule has 2 heterocycles. The number of halogens is 1. The SMILES string of the molecule is Cc1ccc(S(=O)(=O)C2=C3C=Cc4ccc(Br)cc4N3C(C)(C)C2=O)cc1. The van der Waals surface area contributed by atoms with E-state index in [1.807, 2.05) is 36.1 Å². The van der Waals surface area contributed by atoms with Crippen molar-refractivity contribution in [1.82, 2.24) is 0 Å². The van der Waals surface area contributed by atoms with Gasteiger partial charge in [-0.05, 0) is 56.7 Å². The summed E-state index contributed by atoms with van der Waals surface area (Å²) in [4.78, 5) is 15.1. The standard InChI is InChI=1S/C21H18BrNO3S/c1-13-4-9-16(10-5-13)27(25,26)19-17-11-7-14-6-8-15(22)12-18(14)23(17)21(2,3)20(19)24/h4-12H,1-3H3. The summed E-state index contributed by atoms with van der Waals surface area (Å²) in [6.07, 6.45) is 3.58. The average Bonchev–Trinajstić information content (AvgIpc) is 2.82. The lowest BCUT2D eigenvalue weighted by Crippen LogP contribution is -2.45. The fourth-order valence-corrected chi connectivity index (χ4v) is 5.60. The molecule has 0 amide bonds. The summed E-state index contributed by atoms with van der Waals surface area (Å²) in [6.45, 7) is 5.41. The Morgan fingerprint density at radius 2 is 1.67 bits per heavy atom. The normalized spacial score (nSPS) is 17.9. The van der Waals surface area contributed by atoms with E-state index >= 15 is 0 Å². The number of carbonyl (C=O) groups is 1. The molecule has 0 spiro atoms. The minimum atomic E-state index is -3.93. The van der Waals surface area contributed by atoms with Gasteiger partial charge in [0.2, 0.25) is 15.6 Å². The molecule has 0 unspecified atom stereocenters. The van der Waals surface area contributed by atoms with Crippen LogP contribution in [-0.4, -0.2) is 19.7 Å². The van der Waals surface area contributed by atoms with Crippen molar-refractivity contribution in [1.29, 1.82) is 0 Å². The number of ketones is 1. The van der Waals surface area contributed by atoms with E-state index in [9.17, 15) is 13.2 Å². The van der Waals surface area contributed by atoms with Crippen molar-refractivity contribution in [2.24, 2.45) is 0 Å². The number of fused-ring (bicyclic) bond motifs is 3. The molecule has 0 aromatic heterocycles. The predicted molar refractivity (Wildman–Crippen MR) is 110 cm³/mol. The second-order valence-electron chi connectivity index (χ2n) is 7.29. The van der Waals surface area contributed by atoms with Gasteiger partial charge in [-0.15, -0.1) is 0 Å². The van der Waals surface area contributed by atoms with Crippen LogP contribution in [-0.2, 0) is 14.6 Å². The van der Waals surface area contributed by atoms with E-state index in [-0.39, 0.29) is 9.80 Å². The van der Waals surface area contributed by atoms with Crippen LogP contribution in [0.1, 0.15) is 25.0 Å². The number of anilines is 1. The molecular formula is C21H18BrNO3S. The van der Waals surface area contributed by atoms with Gasteiger partial charge in [-0.1, -0.05) is 45.8 Å². The first-order valence-corrected chi connectivity index (χ1v) is 10.8. The van der Waals surface area contributed by atoms with Crippen molar-refractivity contribution in [3.63, 3.8) is 0 Å². The zero-order valence-electron chi connectivity index (χ0n) is 15.2. The summed E-state index contributed by atoms with van der Waals surface area (Å²) < 4.78 is 27.5. The summed E-state index contributed by atoms with van der Waals surface area (Å²) in [6, 6.07) is 12.4. The number of carbonyl (C=O) groups excluding carboxylic acids is 1. The smallest absolute Gasteiger partial charge is 0.212 e. The third-order valence-corrected chi connectivity index (χ3v) is 7.37. The van der Waals surface area contributed by atoms with Crippen LogP contribution in [0.5, 0.6) is 0 Å². The maximum Gasteiger partial charge on any atom is 0.212 e. The second kappa shape index (κ2) is 5.91. The van der Waals surface area contributed by atoms with Crippen molar-refractivity contribution in [3.8, 4) is 0 Å². The molecule has 0 radical (unpaired) electrons. The largest absolute Gasteiger partial charge is 0.327 e. The number of aryl methyl sites for hydroxylation is 1. The van der Waals surface area contributed by atoms with E-state index in [1.165, 1.54) is 0 Å². The molecule has 0 bridgehead atoms. The van der Waals surface area contributed by atoms with E-state index in [1.54, 1.807) is 44.2 Å². The van der Waals surface area contributed by atoms with Crippen molar-refractivity contribution in [2.45, 2.75) is 31.2 Å². The molecule has 0 saturated carbocycles. The Morgan fingerprint density at radius 3 is 2.33 bits per heavy atom. The molecule has 0 aliphatic carbocycles. The molecule has 2 aromatic rings. The number of rotatable bonds is 2. The highest BCUT2D eigenvalue weighted by Crippen LogP contribution is 2.46. The van der Waals surface area contributed by atoms with Gasteiger partial charge < -0.3 is 4.90 Å². The minimum absolute atomic E-state index is 0.134. The first-order chi connectivity index (χ1) is 12.6. The number of benzene rings is 2. The van der Waals surface area contributed by atoms with Crippen LogP contribution in [0.25, 0.3) is 6.08 Å². The highest BCUT2D eigenvalue weighted by Gasteiger charge is 2.51. The molecule has 138 valence electrons. The van der Waals surface area contributed by atoms with Gasteiger partial charge in [-0.25, -0.2) is 8.42 Å². The lowest BCUT2D eigenvalue weighted by Gasteiger charge is -2.36. The van der Waals surface area contributed by atoms with Crippen LogP contribution in [0.3, 0.4) is 0 Å². The summed E-state index contributed by atoms with van der Waals surface area (Å²) in [5.41, 5.74) is 2.15. The molecular weight excluding hydrogens is 426 g/mol. The topological polar surface area (TPSA) is 54.5 Å². The Balaban J connectivity index is 1.98. The second-order valence-corrected chi connectivity index (χ2v) is 10.1. The highest BCUT2D eigenvalue weighted by molar-refractivity contribution is 9.10. The summed E-state index contributed by atoms with van der Waals surface area (Å²) >= 11 is 3.47. The highest BCUT2D eigenvalue weighted by atomic mass is 79.9. The summed E-state index contributed by atoms with van der Waals surface area (Å²) in [7, 11) is -3.93. The first kappa shape index (κ1) is 18.2. The summed E-state index contributed by atoms with van der Waals surface area (Å²) in [5.74, 6) is -0.393. The third kappa shape index (κ3) is 2.62. The van der Waals surface area contributed by atoms with Gasteiger partial charge in [0.05, 0.1) is 16.3 Å². The van der Waals surface area contributed by atoms with Gasteiger partial charge in [0.15, 0.2) is 0 Å². The number of hydrogen-bond donors (Lipinski definition) is 0. The molecule has 4 rings (SSSR count). The molecule has 0 fully saturated rings. The first-order valence-electron chi connectivity index (χ1n) is 8.53. The Bertz CT molecular complexity index is 1140. The molecule has 0 saturated heterocycles. The zero-order chi connectivity index (χ0) is 19.6. The summed E-state index contributed by atoms with van der Waals surface area (Å²) in [5, 5.41) is 0. The fraction of sp³-hybridized carbons (Fsp3) is 0.190. The molecule has 2 aliphatic rings. The van der Waals surface area contributed by atoms with Crippen molar-refractivity contribution in [2.75, 3.05) is 4.90 Å². The van der Waals surface area contributed by atoms with E-state index in [2.05, 4.69) is 15.9 Å². The number of allylic oxidation sites excluding steroid dienone is 1. The lowest BCUT2D eigenvalue weighted by atomic mass is 9.97. The molecule has 0 atom stereocenters. The van der Waals surface area contributed by atoms with Crippen LogP contribution in [0.15, 0.2) is 68.5 Å². The number of Topliss-reactive ketones (excluding diaryl/α,β-unsaturated/α-hetero) is 1. The van der Waals surface area contributed by atoms with Gasteiger partial charge in [-0.3, -0.25) is 4.79 Å².